The van der Waals surface area contributed by atoms with Crippen molar-refractivity contribution < 1.29 is 0 Å². The smallest absolute Gasteiger partial charge is 0.164 e. The highest BCUT2D eigenvalue weighted by molar-refractivity contribution is 5.99. The van der Waals surface area contributed by atoms with E-state index in [4.69, 9.17) is 19.9 Å². The van der Waals surface area contributed by atoms with Crippen molar-refractivity contribution in [2.75, 3.05) is 0 Å². The van der Waals surface area contributed by atoms with Gasteiger partial charge in [-0.2, -0.15) is 0 Å². The largest absolute Gasteiger partial charge is 0.296 e. The molecule has 5 nitrogen and oxygen atoms in total. The highest BCUT2D eigenvalue weighted by Crippen LogP contribution is 2.36. The molecule has 6 aromatic carbocycles. The Balaban J connectivity index is 0.950. The predicted molar refractivity (Wildman–Crippen MR) is 225 cm³/mol. The van der Waals surface area contributed by atoms with Crippen LogP contribution < -0.4 is 0 Å². The van der Waals surface area contributed by atoms with E-state index in [1.807, 2.05) is 30.3 Å². The van der Waals surface area contributed by atoms with Crippen LogP contribution in [0.1, 0.15) is 42.9 Å². The molecule has 8 aromatic rings. The topological polar surface area (TPSA) is 56.5 Å². The minimum Gasteiger partial charge on any atom is -0.296 e. The number of aromatic nitrogens is 5. The molecule has 0 amide bonds. The summed E-state index contributed by atoms with van der Waals surface area (Å²) in [4.78, 5) is 20.0. The molecule has 0 unspecified atom stereocenters. The standard InChI is InChI=1S/C50H39N5/c1-4-13-36(14-5-1)47-52-48(37-15-6-2-7-16-37)54-49(53-47)38-27-25-35(26-28-38)43-20-12-17-41-33-40(31-32-44(41)43)34-23-29-39(30-24-34)50-51-45-21-10-11-22-46(45)55(50)42-18-8-3-9-19-42/h1,3-6,8-9,12-20,23-33H,2,7,10-11,21-22H2. The molecule has 0 bridgehead atoms. The van der Waals surface area contributed by atoms with Gasteiger partial charge in [0, 0.05) is 33.6 Å². The number of allylic oxidation sites excluding steroid dienone is 4. The summed E-state index contributed by atoms with van der Waals surface area (Å²) in [5.41, 5.74) is 12.6. The summed E-state index contributed by atoms with van der Waals surface area (Å²) in [5.74, 6) is 3.10. The summed E-state index contributed by atoms with van der Waals surface area (Å²) >= 11 is 0. The average Bonchev–Trinajstić information content (AvgIpc) is 3.67. The molecule has 0 aliphatic heterocycles. The zero-order chi connectivity index (χ0) is 36.6. The van der Waals surface area contributed by atoms with Crippen molar-refractivity contribution in [2.24, 2.45) is 0 Å². The van der Waals surface area contributed by atoms with Crippen LogP contribution in [0.25, 0.3) is 78.5 Å². The van der Waals surface area contributed by atoms with Crippen molar-refractivity contribution in [1.82, 2.24) is 24.5 Å². The molecule has 0 saturated carbocycles. The Morgan fingerprint density at radius 3 is 1.89 bits per heavy atom. The van der Waals surface area contributed by atoms with Crippen LogP contribution in [0.5, 0.6) is 0 Å². The maximum Gasteiger partial charge on any atom is 0.164 e. The van der Waals surface area contributed by atoms with Crippen molar-refractivity contribution in [3.63, 3.8) is 0 Å². The lowest BCUT2D eigenvalue weighted by molar-refractivity contribution is 0.656. The van der Waals surface area contributed by atoms with E-state index in [9.17, 15) is 0 Å². The molecule has 0 N–H and O–H groups in total. The van der Waals surface area contributed by atoms with E-state index in [-0.39, 0.29) is 0 Å². The van der Waals surface area contributed by atoms with Crippen molar-refractivity contribution in [3.8, 4) is 62.1 Å². The fourth-order valence-corrected chi connectivity index (χ4v) is 8.04. The maximum atomic E-state index is 5.19. The van der Waals surface area contributed by atoms with Gasteiger partial charge in [-0.05, 0) is 89.8 Å². The van der Waals surface area contributed by atoms with E-state index in [1.54, 1.807) is 0 Å². The molecule has 0 fully saturated rings. The fraction of sp³-hybridized carbons (Fsp3) is 0.120. The van der Waals surface area contributed by atoms with Crippen LogP contribution in [0.4, 0.5) is 0 Å². The zero-order valence-electron chi connectivity index (χ0n) is 30.6. The third-order valence-electron chi connectivity index (χ3n) is 10.9. The molecule has 2 aliphatic rings. The average molecular weight is 710 g/mol. The Bertz CT molecular complexity index is 2720. The number of imidazole rings is 1. The second-order valence-corrected chi connectivity index (χ2v) is 14.4. The number of nitrogens with zero attached hydrogens (tertiary/aromatic N) is 5. The molecule has 0 saturated heterocycles. The van der Waals surface area contributed by atoms with Crippen LogP contribution >= 0.6 is 0 Å². The maximum absolute atomic E-state index is 5.19. The van der Waals surface area contributed by atoms with Gasteiger partial charge in [0.2, 0.25) is 0 Å². The summed E-state index contributed by atoms with van der Waals surface area (Å²) in [6.45, 7) is 0. The summed E-state index contributed by atoms with van der Waals surface area (Å²) in [6.07, 6.45) is 13.1. The molecule has 55 heavy (non-hydrogen) atoms. The zero-order valence-corrected chi connectivity index (χ0v) is 30.6. The summed E-state index contributed by atoms with van der Waals surface area (Å²) in [7, 11) is 0. The Kier molecular flexibility index (Phi) is 8.53. The number of hydrogen-bond acceptors (Lipinski definition) is 4. The van der Waals surface area contributed by atoms with Gasteiger partial charge in [0.05, 0.1) is 5.69 Å². The normalized spacial score (nSPS) is 13.8. The van der Waals surface area contributed by atoms with Gasteiger partial charge < -0.3 is 0 Å². The number of aryl methyl sites for hydroxylation is 1. The Morgan fingerprint density at radius 2 is 1.13 bits per heavy atom. The molecular weight excluding hydrogens is 671 g/mol. The van der Waals surface area contributed by atoms with Crippen molar-refractivity contribution in [1.29, 1.82) is 0 Å². The first-order valence-electron chi connectivity index (χ1n) is 19.3. The van der Waals surface area contributed by atoms with E-state index in [2.05, 4.69) is 138 Å². The second kappa shape index (κ2) is 14.3. The summed E-state index contributed by atoms with van der Waals surface area (Å²) in [6, 6.07) is 51.7. The Morgan fingerprint density at radius 1 is 0.473 bits per heavy atom. The summed E-state index contributed by atoms with van der Waals surface area (Å²) in [5, 5.41) is 2.43. The molecule has 2 aromatic heterocycles. The molecule has 2 heterocycles. The van der Waals surface area contributed by atoms with Gasteiger partial charge in [0.1, 0.15) is 5.82 Å². The van der Waals surface area contributed by atoms with Crippen LogP contribution in [0.2, 0.25) is 0 Å². The molecule has 0 radical (unpaired) electrons. The molecule has 0 spiro atoms. The Hall–Kier alpha value is -6.72. The van der Waals surface area contributed by atoms with E-state index >= 15 is 0 Å². The molecule has 10 rings (SSSR count). The van der Waals surface area contributed by atoms with E-state index in [0.29, 0.717) is 17.5 Å². The van der Waals surface area contributed by atoms with Crippen LogP contribution in [0, 0.1) is 0 Å². The summed E-state index contributed by atoms with van der Waals surface area (Å²) < 4.78 is 2.38. The molecule has 2 aliphatic carbocycles. The van der Waals surface area contributed by atoms with Crippen LogP contribution in [-0.4, -0.2) is 24.5 Å². The van der Waals surface area contributed by atoms with E-state index in [0.717, 1.165) is 59.3 Å². The molecule has 0 atom stereocenters. The number of benzene rings is 6. The van der Waals surface area contributed by atoms with Gasteiger partial charge in [-0.15, -0.1) is 0 Å². The lowest BCUT2D eigenvalue weighted by Crippen LogP contribution is -2.07. The van der Waals surface area contributed by atoms with Gasteiger partial charge in [-0.3, -0.25) is 4.57 Å². The number of fused-ring (bicyclic) bond motifs is 2. The van der Waals surface area contributed by atoms with Gasteiger partial charge in [0.25, 0.3) is 0 Å². The minimum absolute atomic E-state index is 0.674. The highest BCUT2D eigenvalue weighted by atomic mass is 15.1. The quantitative estimate of drug-likeness (QED) is 0.165. The highest BCUT2D eigenvalue weighted by Gasteiger charge is 2.22. The third kappa shape index (κ3) is 6.38. The second-order valence-electron chi connectivity index (χ2n) is 14.4. The SMILES string of the molecule is C1=CC(c2nc(-c3ccccc3)nc(-c3ccc(-c4cccc5cc(-c6ccc(-c7nc8c(n7-c7ccccc7)CCCC8)cc6)ccc45)cc3)n2)=CCC1. The predicted octanol–water partition coefficient (Wildman–Crippen LogP) is 12.2. The molecule has 5 heteroatoms. The number of hydrogen-bond donors (Lipinski definition) is 0. The minimum atomic E-state index is 0.674. The fourth-order valence-electron chi connectivity index (χ4n) is 8.04. The van der Waals surface area contributed by atoms with Crippen LogP contribution in [0.3, 0.4) is 0 Å². The van der Waals surface area contributed by atoms with Gasteiger partial charge in [-0.25, -0.2) is 19.9 Å². The molecular formula is C50H39N5. The van der Waals surface area contributed by atoms with Crippen molar-refractivity contribution in [3.05, 3.63) is 181 Å². The monoisotopic (exact) mass is 709 g/mol. The first kappa shape index (κ1) is 32.9. The van der Waals surface area contributed by atoms with Gasteiger partial charge >= 0.3 is 0 Å². The third-order valence-corrected chi connectivity index (χ3v) is 10.9. The first-order valence-corrected chi connectivity index (χ1v) is 19.3. The van der Waals surface area contributed by atoms with Crippen molar-refractivity contribution >= 4 is 16.3 Å². The van der Waals surface area contributed by atoms with E-state index in [1.165, 1.54) is 57.4 Å². The molecule has 264 valence electrons. The lowest BCUT2D eigenvalue weighted by atomic mass is 9.94. The first-order chi connectivity index (χ1) is 27.2. The Labute approximate surface area is 321 Å². The van der Waals surface area contributed by atoms with Gasteiger partial charge in [0.15, 0.2) is 17.5 Å². The van der Waals surface area contributed by atoms with Crippen LogP contribution in [0.15, 0.2) is 164 Å². The van der Waals surface area contributed by atoms with Crippen molar-refractivity contribution in [2.45, 2.75) is 38.5 Å². The number of rotatable bonds is 7. The van der Waals surface area contributed by atoms with Crippen LogP contribution in [-0.2, 0) is 12.8 Å². The number of para-hydroxylation sites is 1. The van der Waals surface area contributed by atoms with Gasteiger partial charge in [-0.1, -0.05) is 146 Å². The lowest BCUT2D eigenvalue weighted by Gasteiger charge is -2.15. The van der Waals surface area contributed by atoms with E-state index < -0.39 is 0 Å².